The van der Waals surface area contributed by atoms with Crippen LogP contribution in [0.5, 0.6) is 0 Å². The first-order chi connectivity index (χ1) is 6.27. The van der Waals surface area contributed by atoms with Gasteiger partial charge in [-0.3, -0.25) is 4.79 Å². The van der Waals surface area contributed by atoms with Crippen molar-refractivity contribution in [2.24, 2.45) is 5.73 Å². The Bertz CT molecular complexity index is 358. The SMILES string of the molecule is N[C@@H]1CCc2nc[nH]c(=O)c2CC1. The van der Waals surface area contributed by atoms with E-state index >= 15 is 0 Å². The van der Waals surface area contributed by atoms with Crippen molar-refractivity contribution in [2.75, 3.05) is 0 Å². The number of nitrogens with two attached hydrogens (primary N) is 1. The van der Waals surface area contributed by atoms with Crippen LogP contribution in [-0.2, 0) is 12.8 Å². The maximum atomic E-state index is 11.4. The topological polar surface area (TPSA) is 71.8 Å². The first-order valence-corrected chi connectivity index (χ1v) is 4.58. The quantitative estimate of drug-likeness (QED) is 0.550. The molecule has 0 fully saturated rings. The van der Waals surface area contributed by atoms with E-state index in [-0.39, 0.29) is 11.6 Å². The van der Waals surface area contributed by atoms with Crippen molar-refractivity contribution < 1.29 is 0 Å². The number of hydrogen-bond acceptors (Lipinski definition) is 3. The zero-order valence-electron chi connectivity index (χ0n) is 7.42. The molecule has 0 bridgehead atoms. The van der Waals surface area contributed by atoms with Gasteiger partial charge in [0.2, 0.25) is 0 Å². The zero-order valence-corrected chi connectivity index (χ0v) is 7.42. The van der Waals surface area contributed by atoms with Crippen molar-refractivity contribution >= 4 is 0 Å². The number of nitrogens with zero attached hydrogens (tertiary/aromatic N) is 1. The summed E-state index contributed by atoms with van der Waals surface area (Å²) in [6, 6.07) is 0.216. The second-order valence-corrected chi connectivity index (χ2v) is 3.49. The molecule has 4 heteroatoms. The van der Waals surface area contributed by atoms with Gasteiger partial charge in [-0.05, 0) is 25.7 Å². The maximum Gasteiger partial charge on any atom is 0.254 e. The lowest BCUT2D eigenvalue weighted by Gasteiger charge is -2.03. The average Bonchev–Trinajstić information content (AvgIpc) is 2.30. The molecule has 1 aliphatic rings. The molecule has 2 rings (SSSR count). The molecule has 1 atom stereocenters. The number of H-pyrrole nitrogens is 1. The predicted octanol–water partition coefficient (Wildman–Crippen LogP) is -0.0240. The van der Waals surface area contributed by atoms with Gasteiger partial charge >= 0.3 is 0 Å². The molecule has 0 radical (unpaired) electrons. The van der Waals surface area contributed by atoms with Crippen LogP contribution in [0.4, 0.5) is 0 Å². The van der Waals surface area contributed by atoms with Crippen LogP contribution >= 0.6 is 0 Å². The molecular weight excluding hydrogens is 166 g/mol. The highest BCUT2D eigenvalue weighted by molar-refractivity contribution is 5.18. The van der Waals surface area contributed by atoms with E-state index in [1.807, 2.05) is 0 Å². The monoisotopic (exact) mass is 179 g/mol. The molecule has 0 aliphatic heterocycles. The van der Waals surface area contributed by atoms with E-state index in [0.29, 0.717) is 0 Å². The van der Waals surface area contributed by atoms with Gasteiger partial charge < -0.3 is 10.7 Å². The molecule has 0 aromatic carbocycles. The molecule has 0 amide bonds. The minimum absolute atomic E-state index is 0.000833. The summed E-state index contributed by atoms with van der Waals surface area (Å²) in [5, 5.41) is 0. The average molecular weight is 179 g/mol. The van der Waals surface area contributed by atoms with Gasteiger partial charge in [0.05, 0.1) is 12.0 Å². The molecule has 0 unspecified atom stereocenters. The van der Waals surface area contributed by atoms with Crippen molar-refractivity contribution in [1.29, 1.82) is 0 Å². The van der Waals surface area contributed by atoms with Gasteiger partial charge in [-0.25, -0.2) is 4.98 Å². The first kappa shape index (κ1) is 8.44. The van der Waals surface area contributed by atoms with Crippen LogP contribution in [0, 0.1) is 0 Å². The highest BCUT2D eigenvalue weighted by Crippen LogP contribution is 2.13. The van der Waals surface area contributed by atoms with Gasteiger partial charge in [0.1, 0.15) is 0 Å². The summed E-state index contributed by atoms with van der Waals surface area (Å²) in [5.41, 5.74) is 7.58. The zero-order chi connectivity index (χ0) is 9.26. The summed E-state index contributed by atoms with van der Waals surface area (Å²) in [6.45, 7) is 0. The van der Waals surface area contributed by atoms with Gasteiger partial charge in [-0.15, -0.1) is 0 Å². The third-order valence-corrected chi connectivity index (χ3v) is 2.56. The minimum atomic E-state index is -0.000833. The van der Waals surface area contributed by atoms with Gasteiger partial charge in [0, 0.05) is 11.6 Å². The molecule has 0 spiro atoms. The molecule has 0 saturated carbocycles. The highest BCUT2D eigenvalue weighted by Gasteiger charge is 2.15. The van der Waals surface area contributed by atoms with Crippen LogP contribution in [0.1, 0.15) is 24.1 Å². The van der Waals surface area contributed by atoms with Gasteiger partial charge in [0.25, 0.3) is 5.56 Å². The fourth-order valence-corrected chi connectivity index (χ4v) is 1.73. The summed E-state index contributed by atoms with van der Waals surface area (Å²) in [6.07, 6.45) is 4.89. The number of nitrogens with one attached hydrogen (secondary N) is 1. The number of hydrogen-bond donors (Lipinski definition) is 2. The van der Waals surface area contributed by atoms with Crippen molar-refractivity contribution in [2.45, 2.75) is 31.7 Å². The molecule has 0 saturated heterocycles. The second-order valence-electron chi connectivity index (χ2n) is 3.49. The van der Waals surface area contributed by atoms with E-state index in [0.717, 1.165) is 36.9 Å². The highest BCUT2D eigenvalue weighted by atomic mass is 16.1. The Kier molecular flexibility index (Phi) is 2.14. The van der Waals surface area contributed by atoms with Crippen molar-refractivity contribution in [1.82, 2.24) is 9.97 Å². The van der Waals surface area contributed by atoms with Gasteiger partial charge in [-0.1, -0.05) is 0 Å². The van der Waals surface area contributed by atoms with Crippen LogP contribution in [0.2, 0.25) is 0 Å². The van der Waals surface area contributed by atoms with Gasteiger partial charge in [-0.2, -0.15) is 0 Å². The van der Waals surface area contributed by atoms with Crippen molar-refractivity contribution in [3.63, 3.8) is 0 Å². The van der Waals surface area contributed by atoms with E-state index in [1.54, 1.807) is 0 Å². The van der Waals surface area contributed by atoms with Crippen molar-refractivity contribution in [3.8, 4) is 0 Å². The predicted molar refractivity (Wildman–Crippen MR) is 49.5 cm³/mol. The van der Waals surface area contributed by atoms with E-state index < -0.39 is 0 Å². The lowest BCUT2D eigenvalue weighted by Crippen LogP contribution is -2.20. The molecule has 13 heavy (non-hydrogen) atoms. The van der Waals surface area contributed by atoms with Crippen molar-refractivity contribution in [3.05, 3.63) is 27.9 Å². The Morgan fingerprint density at radius 3 is 3.08 bits per heavy atom. The van der Waals surface area contributed by atoms with Crippen LogP contribution in [0.15, 0.2) is 11.1 Å². The standard InChI is InChI=1S/C9H13N3O/c10-6-1-3-7-8(4-2-6)11-5-12-9(7)13/h5-6H,1-4,10H2,(H,11,12,13)/t6-/m0/s1. The van der Waals surface area contributed by atoms with E-state index in [4.69, 9.17) is 5.73 Å². The Hall–Kier alpha value is -1.16. The van der Waals surface area contributed by atoms with E-state index in [9.17, 15) is 4.79 Å². The largest absolute Gasteiger partial charge is 0.328 e. The summed E-state index contributed by atoms with van der Waals surface area (Å²) >= 11 is 0. The van der Waals surface area contributed by atoms with Crippen LogP contribution in [0.3, 0.4) is 0 Å². The molecule has 1 aromatic rings. The van der Waals surface area contributed by atoms with Gasteiger partial charge in [0.15, 0.2) is 0 Å². The molecule has 3 N–H and O–H groups in total. The van der Waals surface area contributed by atoms with Crippen LogP contribution < -0.4 is 11.3 Å². The number of aromatic amines is 1. The van der Waals surface area contributed by atoms with E-state index in [1.165, 1.54) is 6.33 Å². The summed E-state index contributed by atoms with van der Waals surface area (Å²) in [5.74, 6) is 0. The Balaban J connectivity index is 2.41. The maximum absolute atomic E-state index is 11.4. The fourth-order valence-electron chi connectivity index (χ4n) is 1.73. The molecule has 70 valence electrons. The summed E-state index contributed by atoms with van der Waals surface area (Å²) in [4.78, 5) is 18.1. The molecule has 1 heterocycles. The first-order valence-electron chi connectivity index (χ1n) is 4.58. The number of aromatic nitrogens is 2. The Labute approximate surface area is 76.2 Å². The van der Waals surface area contributed by atoms with E-state index in [2.05, 4.69) is 9.97 Å². The minimum Gasteiger partial charge on any atom is -0.328 e. The fraction of sp³-hybridized carbons (Fsp3) is 0.556. The second kappa shape index (κ2) is 3.30. The Morgan fingerprint density at radius 2 is 2.23 bits per heavy atom. The third kappa shape index (κ3) is 1.62. The number of aryl methyl sites for hydroxylation is 1. The summed E-state index contributed by atoms with van der Waals surface area (Å²) < 4.78 is 0. The number of fused-ring (bicyclic) bond motifs is 1. The normalized spacial score (nSPS) is 22.1. The molecule has 1 aromatic heterocycles. The smallest absolute Gasteiger partial charge is 0.254 e. The molecule has 4 nitrogen and oxygen atoms in total. The number of rotatable bonds is 0. The van der Waals surface area contributed by atoms with Crippen LogP contribution in [-0.4, -0.2) is 16.0 Å². The molecular formula is C9H13N3O. The Morgan fingerprint density at radius 1 is 1.46 bits per heavy atom. The third-order valence-electron chi connectivity index (χ3n) is 2.56. The lowest BCUT2D eigenvalue weighted by atomic mass is 10.1. The molecule has 1 aliphatic carbocycles. The lowest BCUT2D eigenvalue weighted by molar-refractivity contribution is 0.588. The summed E-state index contributed by atoms with van der Waals surface area (Å²) in [7, 11) is 0. The van der Waals surface area contributed by atoms with Crippen LogP contribution in [0.25, 0.3) is 0 Å².